The van der Waals surface area contributed by atoms with Gasteiger partial charge in [-0.3, -0.25) is 9.59 Å². The van der Waals surface area contributed by atoms with E-state index in [1.54, 1.807) is 6.92 Å². The number of nitrogens with zero attached hydrogens (tertiary/aromatic N) is 1. The quantitative estimate of drug-likeness (QED) is 0.727. The minimum Gasteiger partial charge on any atom is -0.452 e. The second-order valence-electron chi connectivity index (χ2n) is 7.31. The molecule has 2 aliphatic carbocycles. The van der Waals surface area contributed by atoms with Crippen LogP contribution in [0.25, 0.3) is 0 Å². The third-order valence-electron chi connectivity index (χ3n) is 5.02. The van der Waals surface area contributed by atoms with Gasteiger partial charge in [-0.05, 0) is 56.9 Å². The number of hydrogen-bond donors (Lipinski definition) is 2. The Morgan fingerprint density at radius 1 is 1.30 bits per heavy atom. The first-order valence-corrected chi connectivity index (χ1v) is 9.97. The number of thiophene rings is 1. The summed E-state index contributed by atoms with van der Waals surface area (Å²) in [6, 6.07) is 2.14. The molecule has 0 spiro atoms. The lowest BCUT2D eigenvalue weighted by molar-refractivity contribution is -0.125. The molecule has 7 nitrogen and oxygen atoms in total. The first-order valence-electron chi connectivity index (χ1n) is 9.15. The van der Waals surface area contributed by atoms with E-state index in [4.69, 9.17) is 4.74 Å². The molecular weight excluding hydrogens is 366 g/mol. The maximum atomic E-state index is 12.7. The highest BCUT2D eigenvalue weighted by Gasteiger charge is 2.43. The van der Waals surface area contributed by atoms with Crippen molar-refractivity contribution in [1.29, 1.82) is 5.26 Å². The number of amides is 2. The normalized spacial score (nSPS) is 17.8. The molecule has 8 heteroatoms. The zero-order valence-corrected chi connectivity index (χ0v) is 16.3. The number of rotatable bonds is 6. The third-order valence-corrected chi connectivity index (χ3v) is 6.23. The van der Waals surface area contributed by atoms with Gasteiger partial charge >= 0.3 is 5.97 Å². The van der Waals surface area contributed by atoms with Gasteiger partial charge in [-0.2, -0.15) is 5.26 Å². The Labute approximate surface area is 162 Å². The Balaban J connectivity index is 1.69. The summed E-state index contributed by atoms with van der Waals surface area (Å²) in [5.74, 6) is -1.21. The first-order chi connectivity index (χ1) is 12.8. The highest BCUT2D eigenvalue weighted by atomic mass is 32.1. The van der Waals surface area contributed by atoms with Crippen LogP contribution in [-0.2, 0) is 27.2 Å². The fourth-order valence-electron chi connectivity index (χ4n) is 3.44. The SMILES string of the molecule is CC(=O)Nc1sc2c(c1C(=O)OCC(=O)N[C@](C)(C#N)C1CC1)CCCC2. The Morgan fingerprint density at radius 2 is 2.00 bits per heavy atom. The number of esters is 1. The minimum atomic E-state index is -0.924. The van der Waals surface area contributed by atoms with Gasteiger partial charge in [-0.25, -0.2) is 4.79 Å². The van der Waals surface area contributed by atoms with Crippen LogP contribution in [0, 0.1) is 17.2 Å². The number of nitrogens with one attached hydrogen (secondary N) is 2. The Morgan fingerprint density at radius 3 is 2.63 bits per heavy atom. The standard InChI is InChI=1S/C19H23N3O4S/c1-11(23)21-17-16(13-5-3-4-6-14(13)27-17)18(25)26-9-15(24)22-19(2,10-20)12-7-8-12/h12H,3-9H2,1-2H3,(H,21,23)(H,22,24)/t19-/m1/s1. The lowest BCUT2D eigenvalue weighted by atomic mass is 9.95. The van der Waals surface area contributed by atoms with Crippen LogP contribution in [0.1, 0.15) is 60.3 Å². The zero-order chi connectivity index (χ0) is 19.6. The van der Waals surface area contributed by atoms with Gasteiger partial charge in [0, 0.05) is 11.8 Å². The van der Waals surface area contributed by atoms with Crippen molar-refractivity contribution in [3.63, 3.8) is 0 Å². The van der Waals surface area contributed by atoms with Crippen molar-refractivity contribution in [3.8, 4) is 6.07 Å². The van der Waals surface area contributed by atoms with Crippen LogP contribution in [0.3, 0.4) is 0 Å². The van der Waals surface area contributed by atoms with E-state index in [-0.39, 0.29) is 11.8 Å². The van der Waals surface area contributed by atoms with Crippen LogP contribution in [-0.4, -0.2) is 29.9 Å². The van der Waals surface area contributed by atoms with Gasteiger partial charge in [0.2, 0.25) is 5.91 Å². The first kappa shape index (κ1) is 19.4. The van der Waals surface area contributed by atoms with E-state index < -0.39 is 24.0 Å². The summed E-state index contributed by atoms with van der Waals surface area (Å²) in [4.78, 5) is 37.4. The van der Waals surface area contributed by atoms with E-state index in [0.717, 1.165) is 49.0 Å². The summed E-state index contributed by atoms with van der Waals surface area (Å²) in [6.45, 7) is 2.63. The van der Waals surface area contributed by atoms with Gasteiger partial charge in [0.15, 0.2) is 6.61 Å². The van der Waals surface area contributed by atoms with Crippen molar-refractivity contribution in [2.24, 2.45) is 5.92 Å². The van der Waals surface area contributed by atoms with Gasteiger partial charge < -0.3 is 15.4 Å². The molecule has 1 aromatic rings. The highest BCUT2D eigenvalue weighted by Crippen LogP contribution is 2.40. The van der Waals surface area contributed by atoms with Gasteiger partial charge in [0.05, 0.1) is 11.6 Å². The predicted octanol–water partition coefficient (Wildman–Crippen LogP) is 2.55. The molecule has 0 aliphatic heterocycles. The fraction of sp³-hybridized carbons (Fsp3) is 0.579. The van der Waals surface area contributed by atoms with E-state index in [9.17, 15) is 19.6 Å². The Hall–Kier alpha value is -2.40. The van der Waals surface area contributed by atoms with Crippen LogP contribution >= 0.6 is 11.3 Å². The molecule has 2 N–H and O–H groups in total. The smallest absolute Gasteiger partial charge is 0.341 e. The van der Waals surface area contributed by atoms with Crippen LogP contribution in [0.4, 0.5) is 5.00 Å². The maximum absolute atomic E-state index is 12.7. The van der Waals surface area contributed by atoms with Crippen LogP contribution in [0.2, 0.25) is 0 Å². The number of carbonyl (C=O) groups is 3. The molecule has 1 heterocycles. The summed E-state index contributed by atoms with van der Waals surface area (Å²) in [6.07, 6.45) is 5.48. The largest absolute Gasteiger partial charge is 0.452 e. The number of ether oxygens (including phenoxy) is 1. The second-order valence-corrected chi connectivity index (χ2v) is 8.41. The summed E-state index contributed by atoms with van der Waals surface area (Å²) >= 11 is 1.40. The molecule has 0 radical (unpaired) electrons. The molecule has 1 aromatic heterocycles. The topological polar surface area (TPSA) is 108 Å². The van der Waals surface area contributed by atoms with Crippen molar-refractivity contribution < 1.29 is 19.1 Å². The summed E-state index contributed by atoms with van der Waals surface area (Å²) in [5.41, 5.74) is 0.357. The van der Waals surface area contributed by atoms with Crippen molar-refractivity contribution in [3.05, 3.63) is 16.0 Å². The minimum absolute atomic E-state index is 0.150. The Bertz CT molecular complexity index is 822. The van der Waals surface area contributed by atoms with Gasteiger partial charge in [0.25, 0.3) is 5.91 Å². The molecular formula is C19H23N3O4S. The lowest BCUT2D eigenvalue weighted by Gasteiger charge is -2.22. The highest BCUT2D eigenvalue weighted by molar-refractivity contribution is 7.17. The zero-order valence-electron chi connectivity index (χ0n) is 15.5. The monoisotopic (exact) mass is 389 g/mol. The van der Waals surface area contributed by atoms with Gasteiger partial charge in [-0.15, -0.1) is 11.3 Å². The van der Waals surface area contributed by atoms with E-state index >= 15 is 0 Å². The number of aryl methyl sites for hydroxylation is 1. The lowest BCUT2D eigenvalue weighted by Crippen LogP contribution is -2.48. The second kappa shape index (κ2) is 7.69. The van der Waals surface area contributed by atoms with Gasteiger partial charge in [-0.1, -0.05) is 0 Å². The molecule has 1 atom stereocenters. The third kappa shape index (κ3) is 4.30. The summed E-state index contributed by atoms with van der Waals surface area (Å²) in [7, 11) is 0. The van der Waals surface area contributed by atoms with Crippen molar-refractivity contribution >= 4 is 34.1 Å². The van der Waals surface area contributed by atoms with Crippen molar-refractivity contribution in [1.82, 2.24) is 5.32 Å². The van der Waals surface area contributed by atoms with Crippen molar-refractivity contribution in [2.45, 2.75) is 57.9 Å². The van der Waals surface area contributed by atoms with E-state index in [0.29, 0.717) is 10.6 Å². The van der Waals surface area contributed by atoms with E-state index in [1.165, 1.54) is 18.3 Å². The van der Waals surface area contributed by atoms with Crippen LogP contribution < -0.4 is 10.6 Å². The number of anilines is 1. The maximum Gasteiger partial charge on any atom is 0.341 e. The number of fused-ring (bicyclic) bond motifs is 1. The van der Waals surface area contributed by atoms with Crippen LogP contribution in [0.5, 0.6) is 0 Å². The molecule has 27 heavy (non-hydrogen) atoms. The average Bonchev–Trinajstić information content (AvgIpc) is 3.41. The Kier molecular flexibility index (Phi) is 5.51. The van der Waals surface area contributed by atoms with Crippen molar-refractivity contribution in [2.75, 3.05) is 11.9 Å². The van der Waals surface area contributed by atoms with Gasteiger partial charge in [0.1, 0.15) is 10.5 Å². The molecule has 1 saturated carbocycles. The molecule has 1 fully saturated rings. The van der Waals surface area contributed by atoms with Crippen LogP contribution in [0.15, 0.2) is 0 Å². The number of hydrogen-bond acceptors (Lipinski definition) is 6. The average molecular weight is 389 g/mol. The van der Waals surface area contributed by atoms with E-state index in [2.05, 4.69) is 16.7 Å². The molecule has 2 amide bonds. The molecule has 3 rings (SSSR count). The van der Waals surface area contributed by atoms with E-state index in [1.807, 2.05) is 0 Å². The molecule has 144 valence electrons. The summed E-state index contributed by atoms with van der Waals surface area (Å²) < 4.78 is 5.22. The molecule has 0 unspecified atom stereocenters. The predicted molar refractivity (Wildman–Crippen MR) is 100 cm³/mol. The molecule has 0 saturated heterocycles. The fourth-order valence-corrected chi connectivity index (χ4v) is 4.76. The molecule has 0 bridgehead atoms. The number of carbonyl (C=O) groups excluding carboxylic acids is 3. The summed E-state index contributed by atoms with van der Waals surface area (Å²) in [5, 5.41) is 15.2. The molecule has 2 aliphatic rings. The molecule has 0 aromatic carbocycles. The number of nitriles is 1.